The summed E-state index contributed by atoms with van der Waals surface area (Å²) < 4.78 is 10.2. The van der Waals surface area contributed by atoms with Crippen molar-refractivity contribution in [2.24, 2.45) is 0 Å². The van der Waals surface area contributed by atoms with Crippen LogP contribution in [0.1, 0.15) is 16.1 Å². The summed E-state index contributed by atoms with van der Waals surface area (Å²) in [7, 11) is 3.22. The second-order valence-corrected chi connectivity index (χ2v) is 3.83. The number of aryl methyl sites for hydroxylation is 1. The van der Waals surface area contributed by atoms with E-state index in [4.69, 9.17) is 14.6 Å². The van der Waals surface area contributed by atoms with Crippen LogP contribution in [0.3, 0.4) is 0 Å². The van der Waals surface area contributed by atoms with Crippen LogP contribution in [0, 0.1) is 6.92 Å². The number of rotatable bonds is 7. The number of anilines is 1. The number of pyridine rings is 1. The van der Waals surface area contributed by atoms with Gasteiger partial charge < -0.3 is 19.9 Å². The highest BCUT2D eigenvalue weighted by Crippen LogP contribution is 2.10. The molecule has 1 aromatic heterocycles. The minimum Gasteiger partial charge on any atom is -0.478 e. The van der Waals surface area contributed by atoms with E-state index in [0.717, 1.165) is 0 Å². The van der Waals surface area contributed by atoms with Crippen molar-refractivity contribution < 1.29 is 19.4 Å². The van der Waals surface area contributed by atoms with Crippen molar-refractivity contribution in [3.8, 4) is 0 Å². The van der Waals surface area contributed by atoms with Crippen LogP contribution < -0.4 is 5.32 Å². The number of carboxylic acid groups (broad SMARTS) is 1. The van der Waals surface area contributed by atoms with Gasteiger partial charge in [-0.3, -0.25) is 0 Å². The van der Waals surface area contributed by atoms with E-state index in [9.17, 15) is 4.79 Å². The predicted molar refractivity (Wildman–Crippen MR) is 67.1 cm³/mol. The molecule has 0 spiro atoms. The number of aromatic nitrogens is 1. The average Bonchev–Trinajstić information content (AvgIpc) is 2.34. The Labute approximate surface area is 106 Å². The molecule has 0 radical (unpaired) electrons. The summed E-state index contributed by atoms with van der Waals surface area (Å²) in [4.78, 5) is 15.0. The Morgan fingerprint density at radius 1 is 1.50 bits per heavy atom. The number of hydrogen-bond acceptors (Lipinski definition) is 5. The fraction of sp³-hybridized carbons (Fsp3) is 0.500. The lowest BCUT2D eigenvalue weighted by atomic mass is 10.2. The number of carbonyl (C=O) groups is 1. The Morgan fingerprint density at radius 2 is 2.22 bits per heavy atom. The molecular weight excluding hydrogens is 236 g/mol. The summed E-state index contributed by atoms with van der Waals surface area (Å²) in [5.41, 5.74) is 0.689. The molecule has 0 bridgehead atoms. The second kappa shape index (κ2) is 6.93. The molecule has 18 heavy (non-hydrogen) atoms. The number of methoxy groups -OCH3 is 2. The van der Waals surface area contributed by atoms with Crippen LogP contribution in [0.2, 0.25) is 0 Å². The van der Waals surface area contributed by atoms with E-state index in [1.165, 1.54) is 6.07 Å². The first-order valence-corrected chi connectivity index (χ1v) is 5.55. The number of nitrogens with zero attached hydrogens (tertiary/aromatic N) is 1. The van der Waals surface area contributed by atoms with Crippen LogP contribution in [0.25, 0.3) is 0 Å². The molecule has 2 N–H and O–H groups in total. The maximum absolute atomic E-state index is 10.8. The number of aromatic carboxylic acids is 1. The van der Waals surface area contributed by atoms with Gasteiger partial charge in [-0.2, -0.15) is 0 Å². The van der Waals surface area contributed by atoms with Crippen LogP contribution in [0.15, 0.2) is 12.1 Å². The quantitative estimate of drug-likeness (QED) is 0.760. The molecule has 0 amide bonds. The molecule has 1 rings (SSSR count). The molecule has 0 aliphatic carbocycles. The molecule has 1 unspecified atom stereocenters. The summed E-state index contributed by atoms with van der Waals surface area (Å²) in [6.07, 6.45) is -0.0729. The minimum absolute atomic E-state index is 0.0729. The molecule has 100 valence electrons. The van der Waals surface area contributed by atoms with Crippen molar-refractivity contribution in [3.05, 3.63) is 23.4 Å². The lowest BCUT2D eigenvalue weighted by Gasteiger charge is -2.15. The van der Waals surface area contributed by atoms with Crippen molar-refractivity contribution in [2.45, 2.75) is 13.0 Å². The lowest BCUT2D eigenvalue weighted by Crippen LogP contribution is -2.27. The molecule has 0 saturated carbocycles. The van der Waals surface area contributed by atoms with Gasteiger partial charge in [-0.25, -0.2) is 9.78 Å². The summed E-state index contributed by atoms with van der Waals surface area (Å²) in [6, 6.07) is 3.17. The summed E-state index contributed by atoms with van der Waals surface area (Å²) in [5.74, 6) is -0.351. The summed E-state index contributed by atoms with van der Waals surface area (Å²) >= 11 is 0. The van der Waals surface area contributed by atoms with Gasteiger partial charge >= 0.3 is 5.97 Å². The SMILES string of the molecule is COCC(CNc1ccc(C(=O)O)c(C)n1)OC. The van der Waals surface area contributed by atoms with E-state index < -0.39 is 5.97 Å². The molecule has 1 atom stereocenters. The monoisotopic (exact) mass is 254 g/mol. The van der Waals surface area contributed by atoms with Crippen molar-refractivity contribution >= 4 is 11.8 Å². The number of carboxylic acids is 1. The third kappa shape index (κ3) is 3.97. The molecule has 6 heteroatoms. The highest BCUT2D eigenvalue weighted by atomic mass is 16.5. The van der Waals surface area contributed by atoms with E-state index in [0.29, 0.717) is 24.7 Å². The van der Waals surface area contributed by atoms with Gasteiger partial charge in [0.05, 0.1) is 24.0 Å². The van der Waals surface area contributed by atoms with Gasteiger partial charge in [0.1, 0.15) is 5.82 Å². The fourth-order valence-electron chi connectivity index (χ4n) is 1.50. The zero-order chi connectivity index (χ0) is 13.5. The summed E-state index contributed by atoms with van der Waals surface area (Å²) in [6.45, 7) is 2.69. The first-order valence-electron chi connectivity index (χ1n) is 5.55. The zero-order valence-corrected chi connectivity index (χ0v) is 10.8. The second-order valence-electron chi connectivity index (χ2n) is 3.83. The lowest BCUT2D eigenvalue weighted by molar-refractivity contribution is 0.0365. The molecule has 0 aromatic carbocycles. The average molecular weight is 254 g/mol. The highest BCUT2D eigenvalue weighted by Gasteiger charge is 2.10. The standard InChI is InChI=1S/C12H18N2O4/c1-8-10(12(15)16)4-5-11(14-8)13-6-9(18-3)7-17-2/h4-5,9H,6-7H2,1-3H3,(H,13,14)(H,15,16). The number of hydrogen-bond donors (Lipinski definition) is 2. The Balaban J connectivity index is 2.63. The number of nitrogens with one attached hydrogen (secondary N) is 1. The predicted octanol–water partition coefficient (Wildman–Crippen LogP) is 1.16. The highest BCUT2D eigenvalue weighted by molar-refractivity contribution is 5.89. The molecule has 0 fully saturated rings. The van der Waals surface area contributed by atoms with Crippen molar-refractivity contribution in [1.82, 2.24) is 4.98 Å². The Morgan fingerprint density at radius 3 is 2.72 bits per heavy atom. The normalized spacial score (nSPS) is 12.2. The first-order chi connectivity index (χ1) is 8.58. The van der Waals surface area contributed by atoms with Crippen molar-refractivity contribution in [2.75, 3.05) is 32.7 Å². The maximum atomic E-state index is 10.8. The molecule has 0 aliphatic heterocycles. The molecule has 0 saturated heterocycles. The van der Waals surface area contributed by atoms with E-state index in [1.807, 2.05) is 0 Å². The third-order valence-electron chi connectivity index (χ3n) is 2.51. The van der Waals surface area contributed by atoms with Crippen LogP contribution in [0.5, 0.6) is 0 Å². The van der Waals surface area contributed by atoms with Gasteiger partial charge in [0, 0.05) is 20.8 Å². The Bertz CT molecular complexity index is 409. The van der Waals surface area contributed by atoms with Crippen molar-refractivity contribution in [1.29, 1.82) is 0 Å². The number of ether oxygens (including phenoxy) is 2. The van der Waals surface area contributed by atoms with Crippen LogP contribution >= 0.6 is 0 Å². The maximum Gasteiger partial charge on any atom is 0.337 e. The topological polar surface area (TPSA) is 80.7 Å². The van der Waals surface area contributed by atoms with Gasteiger partial charge in [-0.15, -0.1) is 0 Å². The van der Waals surface area contributed by atoms with E-state index in [2.05, 4.69) is 10.3 Å². The molecule has 1 aromatic rings. The Hall–Kier alpha value is -1.66. The van der Waals surface area contributed by atoms with Gasteiger partial charge in [0.25, 0.3) is 0 Å². The van der Waals surface area contributed by atoms with Gasteiger partial charge in [-0.1, -0.05) is 0 Å². The van der Waals surface area contributed by atoms with Crippen molar-refractivity contribution in [3.63, 3.8) is 0 Å². The van der Waals surface area contributed by atoms with E-state index >= 15 is 0 Å². The molecular formula is C12H18N2O4. The minimum atomic E-state index is -0.972. The third-order valence-corrected chi connectivity index (χ3v) is 2.51. The first kappa shape index (κ1) is 14.4. The van der Waals surface area contributed by atoms with Crippen LogP contribution in [-0.2, 0) is 9.47 Å². The van der Waals surface area contributed by atoms with Crippen LogP contribution in [0.4, 0.5) is 5.82 Å². The van der Waals surface area contributed by atoms with Gasteiger partial charge in [-0.05, 0) is 19.1 Å². The van der Waals surface area contributed by atoms with E-state index in [1.54, 1.807) is 27.2 Å². The Kier molecular flexibility index (Phi) is 5.54. The molecule has 6 nitrogen and oxygen atoms in total. The van der Waals surface area contributed by atoms with Gasteiger partial charge in [0.2, 0.25) is 0 Å². The van der Waals surface area contributed by atoms with Crippen LogP contribution in [-0.4, -0.2) is 49.5 Å². The molecule has 0 aliphatic rings. The summed E-state index contributed by atoms with van der Waals surface area (Å²) in [5, 5.41) is 12.0. The largest absolute Gasteiger partial charge is 0.478 e. The smallest absolute Gasteiger partial charge is 0.337 e. The fourth-order valence-corrected chi connectivity index (χ4v) is 1.50. The van der Waals surface area contributed by atoms with E-state index in [-0.39, 0.29) is 11.7 Å². The van der Waals surface area contributed by atoms with Gasteiger partial charge in [0.15, 0.2) is 0 Å². The zero-order valence-electron chi connectivity index (χ0n) is 10.8. The molecule has 1 heterocycles.